The van der Waals surface area contributed by atoms with Crippen LogP contribution in [0.2, 0.25) is 0 Å². The molecule has 31 heavy (non-hydrogen) atoms. The SMILES string of the molecule is COCCn1c(N)c(N(Cc2ccccc2)C(=O)Cc2cccc(F)c2)c(=O)[nH]c1=O. The van der Waals surface area contributed by atoms with Crippen molar-refractivity contribution in [1.29, 1.82) is 0 Å². The molecule has 3 rings (SSSR count). The van der Waals surface area contributed by atoms with Gasteiger partial charge < -0.3 is 10.5 Å². The van der Waals surface area contributed by atoms with Gasteiger partial charge >= 0.3 is 5.69 Å². The fraction of sp³-hybridized carbons (Fsp3) is 0.227. The number of benzene rings is 2. The Hall–Kier alpha value is -3.72. The van der Waals surface area contributed by atoms with Crippen LogP contribution in [0.5, 0.6) is 0 Å². The highest BCUT2D eigenvalue weighted by molar-refractivity contribution is 5.96. The van der Waals surface area contributed by atoms with E-state index in [1.54, 1.807) is 30.3 Å². The zero-order chi connectivity index (χ0) is 22.4. The van der Waals surface area contributed by atoms with Gasteiger partial charge in [0.15, 0.2) is 5.69 Å². The summed E-state index contributed by atoms with van der Waals surface area (Å²) in [6.07, 6.45) is -0.152. The number of carbonyl (C=O) groups is 1. The van der Waals surface area contributed by atoms with Crippen LogP contribution in [0.4, 0.5) is 15.9 Å². The largest absolute Gasteiger partial charge is 0.383 e. The number of anilines is 2. The van der Waals surface area contributed by atoms with Crippen molar-refractivity contribution < 1.29 is 13.9 Å². The molecule has 0 unspecified atom stereocenters. The van der Waals surface area contributed by atoms with E-state index in [0.717, 1.165) is 10.1 Å². The van der Waals surface area contributed by atoms with Crippen LogP contribution in [-0.4, -0.2) is 29.2 Å². The van der Waals surface area contributed by atoms with E-state index in [9.17, 15) is 18.8 Å². The summed E-state index contributed by atoms with van der Waals surface area (Å²) in [7, 11) is 1.47. The van der Waals surface area contributed by atoms with E-state index < -0.39 is 23.0 Å². The third kappa shape index (κ3) is 5.26. The van der Waals surface area contributed by atoms with Gasteiger partial charge in [-0.3, -0.25) is 24.0 Å². The van der Waals surface area contributed by atoms with Gasteiger partial charge in [-0.25, -0.2) is 9.18 Å². The maximum absolute atomic E-state index is 13.6. The zero-order valence-electron chi connectivity index (χ0n) is 17.0. The van der Waals surface area contributed by atoms with Crippen molar-refractivity contribution in [3.8, 4) is 0 Å². The molecular weight excluding hydrogens is 403 g/mol. The Morgan fingerprint density at radius 1 is 1.13 bits per heavy atom. The van der Waals surface area contributed by atoms with Crippen molar-refractivity contribution >= 4 is 17.4 Å². The summed E-state index contributed by atoms with van der Waals surface area (Å²) in [5.41, 5.74) is 5.76. The minimum Gasteiger partial charge on any atom is -0.383 e. The molecule has 0 atom stereocenters. The van der Waals surface area contributed by atoms with Gasteiger partial charge in [0.2, 0.25) is 5.91 Å². The summed E-state index contributed by atoms with van der Waals surface area (Å²) >= 11 is 0. The Morgan fingerprint density at radius 2 is 1.84 bits per heavy atom. The summed E-state index contributed by atoms with van der Waals surface area (Å²) in [5.74, 6) is -1.08. The third-order valence-electron chi connectivity index (χ3n) is 4.73. The van der Waals surface area contributed by atoms with Crippen LogP contribution < -0.4 is 21.9 Å². The van der Waals surface area contributed by atoms with Crippen molar-refractivity contribution in [2.24, 2.45) is 0 Å². The minimum atomic E-state index is -0.778. The number of amides is 1. The first-order chi connectivity index (χ1) is 14.9. The van der Waals surface area contributed by atoms with E-state index in [1.807, 2.05) is 6.07 Å². The number of hydrogen-bond acceptors (Lipinski definition) is 5. The molecule has 3 aromatic rings. The Bertz CT molecular complexity index is 1170. The van der Waals surface area contributed by atoms with Crippen molar-refractivity contribution in [2.75, 3.05) is 24.4 Å². The Morgan fingerprint density at radius 3 is 2.52 bits per heavy atom. The van der Waals surface area contributed by atoms with E-state index in [0.29, 0.717) is 5.56 Å². The lowest BCUT2D eigenvalue weighted by atomic mass is 10.1. The number of rotatable bonds is 8. The van der Waals surface area contributed by atoms with E-state index >= 15 is 0 Å². The number of aromatic amines is 1. The zero-order valence-corrected chi connectivity index (χ0v) is 17.0. The molecule has 1 aromatic heterocycles. The monoisotopic (exact) mass is 426 g/mol. The van der Waals surface area contributed by atoms with Crippen LogP contribution in [0.25, 0.3) is 0 Å². The minimum absolute atomic E-state index is 0.0464. The first kappa shape index (κ1) is 22.0. The summed E-state index contributed by atoms with van der Waals surface area (Å²) in [4.78, 5) is 41.6. The van der Waals surface area contributed by atoms with Crippen LogP contribution in [0.15, 0.2) is 64.2 Å². The van der Waals surface area contributed by atoms with Gasteiger partial charge in [0, 0.05) is 7.11 Å². The number of nitrogen functional groups attached to an aromatic ring is 1. The highest BCUT2D eigenvalue weighted by Gasteiger charge is 2.24. The topological polar surface area (TPSA) is 110 Å². The highest BCUT2D eigenvalue weighted by atomic mass is 19.1. The van der Waals surface area contributed by atoms with E-state index in [-0.39, 0.29) is 37.6 Å². The maximum atomic E-state index is 13.6. The summed E-state index contributed by atoms with van der Waals surface area (Å²) < 4.78 is 19.7. The summed E-state index contributed by atoms with van der Waals surface area (Å²) in [5, 5.41) is 0. The number of methoxy groups -OCH3 is 1. The first-order valence-electron chi connectivity index (χ1n) is 9.61. The van der Waals surface area contributed by atoms with Gasteiger partial charge in [-0.05, 0) is 23.3 Å². The quantitative estimate of drug-likeness (QED) is 0.569. The molecule has 0 saturated heterocycles. The predicted molar refractivity (Wildman–Crippen MR) is 115 cm³/mol. The van der Waals surface area contributed by atoms with E-state index in [1.165, 1.54) is 30.2 Å². The van der Waals surface area contributed by atoms with Gasteiger partial charge in [0.05, 0.1) is 26.1 Å². The molecule has 0 saturated carbocycles. The molecule has 9 heteroatoms. The van der Waals surface area contributed by atoms with Gasteiger partial charge in [0.25, 0.3) is 5.56 Å². The lowest BCUT2D eigenvalue weighted by Crippen LogP contribution is -2.41. The molecule has 162 valence electrons. The van der Waals surface area contributed by atoms with Gasteiger partial charge in [-0.2, -0.15) is 0 Å². The molecule has 0 radical (unpaired) electrons. The van der Waals surface area contributed by atoms with E-state index in [2.05, 4.69) is 4.98 Å². The van der Waals surface area contributed by atoms with Crippen molar-refractivity contribution in [2.45, 2.75) is 19.5 Å². The van der Waals surface area contributed by atoms with Crippen LogP contribution in [0.1, 0.15) is 11.1 Å². The average molecular weight is 426 g/mol. The fourth-order valence-corrected chi connectivity index (χ4v) is 3.22. The highest BCUT2D eigenvalue weighted by Crippen LogP contribution is 2.21. The predicted octanol–water partition coefficient (Wildman–Crippen LogP) is 1.68. The number of H-pyrrole nitrogens is 1. The summed E-state index contributed by atoms with van der Waals surface area (Å²) in [6, 6.07) is 14.7. The fourth-order valence-electron chi connectivity index (χ4n) is 3.22. The molecule has 2 aromatic carbocycles. The van der Waals surface area contributed by atoms with E-state index in [4.69, 9.17) is 10.5 Å². The molecule has 0 spiro atoms. The van der Waals surface area contributed by atoms with Crippen LogP contribution in [-0.2, 0) is 29.0 Å². The number of hydrogen-bond donors (Lipinski definition) is 2. The number of ether oxygens (including phenoxy) is 1. The van der Waals surface area contributed by atoms with Gasteiger partial charge in [-0.1, -0.05) is 42.5 Å². The molecule has 1 amide bonds. The van der Waals surface area contributed by atoms with Gasteiger partial charge in [0.1, 0.15) is 11.6 Å². The molecule has 8 nitrogen and oxygen atoms in total. The maximum Gasteiger partial charge on any atom is 0.330 e. The number of halogens is 1. The van der Waals surface area contributed by atoms with Crippen LogP contribution in [0, 0.1) is 5.82 Å². The second kappa shape index (κ2) is 9.86. The first-order valence-corrected chi connectivity index (χ1v) is 9.61. The Balaban J connectivity index is 2.06. The molecule has 1 heterocycles. The normalized spacial score (nSPS) is 10.8. The Labute approximate surface area is 177 Å². The third-order valence-corrected chi connectivity index (χ3v) is 4.73. The number of carbonyl (C=O) groups excluding carboxylic acids is 1. The van der Waals surface area contributed by atoms with Crippen LogP contribution in [0.3, 0.4) is 0 Å². The number of aromatic nitrogens is 2. The number of nitrogens with two attached hydrogens (primary N) is 1. The smallest absolute Gasteiger partial charge is 0.330 e. The number of nitrogens with one attached hydrogen (secondary N) is 1. The standard InChI is InChI=1S/C22H23FN4O4/c1-31-11-10-26-20(24)19(21(29)25-22(26)30)27(14-15-6-3-2-4-7-15)18(28)13-16-8-5-9-17(23)12-16/h2-9,12H,10-11,13-14,24H2,1H3,(H,25,29,30). The second-order valence-electron chi connectivity index (χ2n) is 6.91. The second-order valence-corrected chi connectivity index (χ2v) is 6.91. The molecule has 0 bridgehead atoms. The summed E-state index contributed by atoms with van der Waals surface area (Å²) in [6.45, 7) is 0.332. The lowest BCUT2D eigenvalue weighted by Gasteiger charge is -2.25. The average Bonchev–Trinajstić information content (AvgIpc) is 2.73. The molecule has 0 aliphatic rings. The van der Waals surface area contributed by atoms with Gasteiger partial charge in [-0.15, -0.1) is 0 Å². The lowest BCUT2D eigenvalue weighted by molar-refractivity contribution is -0.118. The molecule has 0 aliphatic carbocycles. The molecule has 0 fully saturated rings. The van der Waals surface area contributed by atoms with Crippen molar-refractivity contribution in [3.05, 3.63) is 92.4 Å². The molecular formula is C22H23FN4O4. The van der Waals surface area contributed by atoms with Crippen molar-refractivity contribution in [3.63, 3.8) is 0 Å². The molecule has 3 N–H and O–H groups in total. The molecule has 0 aliphatic heterocycles. The van der Waals surface area contributed by atoms with Crippen molar-refractivity contribution in [1.82, 2.24) is 9.55 Å². The Kier molecular flexibility index (Phi) is 6.99. The van der Waals surface area contributed by atoms with Crippen LogP contribution >= 0.6 is 0 Å². The number of nitrogens with zero attached hydrogens (tertiary/aromatic N) is 2.